The van der Waals surface area contributed by atoms with E-state index in [0.717, 1.165) is 17.5 Å². The van der Waals surface area contributed by atoms with Gasteiger partial charge in [-0.05, 0) is 23.6 Å². The minimum atomic E-state index is -0.130. The highest BCUT2D eigenvalue weighted by atomic mass is 35.5. The fourth-order valence-electron chi connectivity index (χ4n) is 2.18. The summed E-state index contributed by atoms with van der Waals surface area (Å²) in [7, 11) is 0. The van der Waals surface area contributed by atoms with Crippen molar-refractivity contribution in [3.05, 3.63) is 33.3 Å². The van der Waals surface area contributed by atoms with Crippen molar-refractivity contribution >= 4 is 29.1 Å². The summed E-state index contributed by atoms with van der Waals surface area (Å²) in [6.45, 7) is 3.50. The third kappa shape index (κ3) is 2.48. The first-order valence-electron chi connectivity index (χ1n) is 5.99. The Balaban J connectivity index is 2.21. The van der Waals surface area contributed by atoms with Gasteiger partial charge < -0.3 is 10.6 Å². The standard InChI is InChI=1S/C13H16Cl2N2O/c1-8(6-16)13(18)17-5-4-10-9(7-17)2-3-11(14)12(10)15/h2-3,8H,4-7,16H2,1H3. The topological polar surface area (TPSA) is 46.3 Å². The first-order chi connectivity index (χ1) is 8.54. The molecule has 0 radical (unpaired) electrons. The molecular weight excluding hydrogens is 271 g/mol. The van der Waals surface area contributed by atoms with E-state index in [4.69, 9.17) is 28.9 Å². The first-order valence-corrected chi connectivity index (χ1v) is 6.74. The van der Waals surface area contributed by atoms with Gasteiger partial charge >= 0.3 is 0 Å². The highest BCUT2D eigenvalue weighted by Gasteiger charge is 2.25. The Bertz CT molecular complexity index is 476. The van der Waals surface area contributed by atoms with Crippen molar-refractivity contribution in [3.8, 4) is 0 Å². The fraction of sp³-hybridized carbons (Fsp3) is 0.462. The van der Waals surface area contributed by atoms with Crippen molar-refractivity contribution in [2.45, 2.75) is 19.9 Å². The van der Waals surface area contributed by atoms with Crippen LogP contribution in [-0.4, -0.2) is 23.9 Å². The second-order valence-corrected chi connectivity index (χ2v) is 5.43. The van der Waals surface area contributed by atoms with Gasteiger partial charge in [0.25, 0.3) is 0 Å². The van der Waals surface area contributed by atoms with Crippen molar-refractivity contribution in [1.82, 2.24) is 4.90 Å². The maximum Gasteiger partial charge on any atom is 0.226 e. The molecule has 98 valence electrons. The summed E-state index contributed by atoms with van der Waals surface area (Å²) in [5, 5.41) is 1.19. The van der Waals surface area contributed by atoms with Crippen molar-refractivity contribution in [2.75, 3.05) is 13.1 Å². The molecule has 2 N–H and O–H groups in total. The molecule has 0 saturated carbocycles. The fourth-order valence-corrected chi connectivity index (χ4v) is 2.64. The van der Waals surface area contributed by atoms with Gasteiger partial charge in [0.15, 0.2) is 0 Å². The molecule has 0 bridgehead atoms. The van der Waals surface area contributed by atoms with Crippen molar-refractivity contribution in [2.24, 2.45) is 11.7 Å². The molecule has 1 aromatic rings. The smallest absolute Gasteiger partial charge is 0.226 e. The van der Waals surface area contributed by atoms with Gasteiger partial charge in [-0.1, -0.05) is 36.2 Å². The van der Waals surface area contributed by atoms with Crippen LogP contribution < -0.4 is 5.73 Å². The Hall–Kier alpha value is -0.770. The molecule has 5 heteroatoms. The highest BCUT2D eigenvalue weighted by Crippen LogP contribution is 2.32. The van der Waals surface area contributed by atoms with Gasteiger partial charge in [0.05, 0.1) is 10.0 Å². The number of benzene rings is 1. The average Bonchev–Trinajstić information content (AvgIpc) is 2.41. The molecule has 0 spiro atoms. The zero-order chi connectivity index (χ0) is 13.3. The SMILES string of the molecule is CC(CN)C(=O)N1CCc2c(ccc(Cl)c2Cl)C1. The van der Waals surface area contributed by atoms with Crippen LogP contribution in [-0.2, 0) is 17.8 Å². The molecule has 2 rings (SSSR count). The lowest BCUT2D eigenvalue weighted by molar-refractivity contribution is -0.135. The molecule has 3 nitrogen and oxygen atoms in total. The van der Waals surface area contributed by atoms with E-state index >= 15 is 0 Å². The second-order valence-electron chi connectivity index (χ2n) is 4.65. The van der Waals surface area contributed by atoms with Gasteiger partial charge in [-0.25, -0.2) is 0 Å². The minimum absolute atomic E-state index is 0.106. The van der Waals surface area contributed by atoms with Crippen LogP contribution in [0.15, 0.2) is 12.1 Å². The number of nitrogens with zero attached hydrogens (tertiary/aromatic N) is 1. The molecule has 1 heterocycles. The van der Waals surface area contributed by atoms with E-state index in [1.54, 1.807) is 6.07 Å². The van der Waals surface area contributed by atoms with Gasteiger partial charge in [-0.2, -0.15) is 0 Å². The number of fused-ring (bicyclic) bond motifs is 1. The van der Waals surface area contributed by atoms with Crippen LogP contribution in [0, 0.1) is 5.92 Å². The number of rotatable bonds is 2. The van der Waals surface area contributed by atoms with E-state index in [2.05, 4.69) is 0 Å². The third-order valence-electron chi connectivity index (χ3n) is 3.37. The zero-order valence-electron chi connectivity index (χ0n) is 10.2. The zero-order valence-corrected chi connectivity index (χ0v) is 11.8. The predicted octanol–water partition coefficient (Wildman–Crippen LogP) is 2.47. The molecule has 1 aromatic carbocycles. The second kappa shape index (κ2) is 5.47. The molecule has 1 unspecified atom stereocenters. The lowest BCUT2D eigenvalue weighted by atomic mass is 9.98. The first kappa shape index (κ1) is 13.7. The quantitative estimate of drug-likeness (QED) is 0.908. The van der Waals surface area contributed by atoms with E-state index in [1.165, 1.54) is 0 Å². The van der Waals surface area contributed by atoms with Gasteiger partial charge in [-0.3, -0.25) is 4.79 Å². The number of carbonyl (C=O) groups is 1. The average molecular weight is 287 g/mol. The van der Waals surface area contributed by atoms with E-state index < -0.39 is 0 Å². The Morgan fingerprint density at radius 3 is 2.89 bits per heavy atom. The number of amides is 1. The van der Waals surface area contributed by atoms with Crippen LogP contribution in [0.1, 0.15) is 18.1 Å². The van der Waals surface area contributed by atoms with Crippen LogP contribution in [0.3, 0.4) is 0 Å². The molecule has 1 aliphatic heterocycles. The Kier molecular flexibility index (Phi) is 4.15. The van der Waals surface area contributed by atoms with Crippen LogP contribution in [0.5, 0.6) is 0 Å². The van der Waals surface area contributed by atoms with Gasteiger partial charge in [0.1, 0.15) is 0 Å². The molecule has 1 aliphatic rings. The van der Waals surface area contributed by atoms with Crippen LogP contribution >= 0.6 is 23.2 Å². The number of halogens is 2. The number of nitrogens with two attached hydrogens (primary N) is 1. The summed E-state index contributed by atoms with van der Waals surface area (Å²) in [6.07, 6.45) is 0.748. The van der Waals surface area contributed by atoms with Gasteiger partial charge in [0.2, 0.25) is 5.91 Å². The van der Waals surface area contributed by atoms with Gasteiger partial charge in [-0.15, -0.1) is 0 Å². The summed E-state index contributed by atoms with van der Waals surface area (Å²) in [6, 6.07) is 3.72. The van der Waals surface area contributed by atoms with E-state index in [9.17, 15) is 4.79 Å². The van der Waals surface area contributed by atoms with Crippen LogP contribution in [0.25, 0.3) is 0 Å². The molecule has 18 heavy (non-hydrogen) atoms. The van der Waals surface area contributed by atoms with E-state index in [1.807, 2.05) is 17.9 Å². The largest absolute Gasteiger partial charge is 0.338 e. The maximum absolute atomic E-state index is 12.1. The Morgan fingerprint density at radius 2 is 2.22 bits per heavy atom. The van der Waals surface area contributed by atoms with E-state index in [-0.39, 0.29) is 11.8 Å². The number of hydrogen-bond donors (Lipinski definition) is 1. The molecular formula is C13H16Cl2N2O. The summed E-state index contributed by atoms with van der Waals surface area (Å²) in [4.78, 5) is 13.9. The number of carbonyl (C=O) groups excluding carboxylic acids is 1. The highest BCUT2D eigenvalue weighted by molar-refractivity contribution is 6.42. The molecule has 0 aromatic heterocycles. The molecule has 1 amide bonds. The minimum Gasteiger partial charge on any atom is -0.338 e. The van der Waals surface area contributed by atoms with Crippen molar-refractivity contribution in [1.29, 1.82) is 0 Å². The molecule has 1 atom stereocenters. The van der Waals surface area contributed by atoms with E-state index in [0.29, 0.717) is 29.7 Å². The normalized spacial score (nSPS) is 16.3. The van der Waals surface area contributed by atoms with Crippen LogP contribution in [0.4, 0.5) is 0 Å². The molecule has 0 saturated heterocycles. The van der Waals surface area contributed by atoms with Crippen molar-refractivity contribution in [3.63, 3.8) is 0 Å². The summed E-state index contributed by atoms with van der Waals surface area (Å²) >= 11 is 12.2. The number of hydrogen-bond acceptors (Lipinski definition) is 2. The Morgan fingerprint density at radius 1 is 1.50 bits per heavy atom. The summed E-state index contributed by atoms with van der Waals surface area (Å²) < 4.78 is 0. The monoisotopic (exact) mass is 286 g/mol. The van der Waals surface area contributed by atoms with Crippen molar-refractivity contribution < 1.29 is 4.79 Å². The Labute approximate surface area is 117 Å². The maximum atomic E-state index is 12.1. The summed E-state index contributed by atoms with van der Waals surface area (Å²) in [5.41, 5.74) is 7.67. The predicted molar refractivity (Wildman–Crippen MR) is 73.8 cm³/mol. The molecule has 0 aliphatic carbocycles. The summed E-state index contributed by atoms with van der Waals surface area (Å²) in [5.74, 6) is -0.0245. The molecule has 0 fully saturated rings. The third-order valence-corrected chi connectivity index (χ3v) is 4.22. The lowest BCUT2D eigenvalue weighted by Gasteiger charge is -2.31. The lowest BCUT2D eigenvalue weighted by Crippen LogP contribution is -2.41. The van der Waals surface area contributed by atoms with Gasteiger partial charge in [0, 0.05) is 25.6 Å². The van der Waals surface area contributed by atoms with Crippen LogP contribution in [0.2, 0.25) is 10.0 Å².